The number of amides is 2. The second-order valence-corrected chi connectivity index (χ2v) is 8.91. The monoisotopic (exact) mass is 469 g/mol. The van der Waals surface area contributed by atoms with Gasteiger partial charge in [-0.05, 0) is 35.7 Å². The number of sulfonamides is 1. The lowest BCUT2D eigenvalue weighted by atomic mass is 10.1. The van der Waals surface area contributed by atoms with Gasteiger partial charge in [0.15, 0.2) is 0 Å². The summed E-state index contributed by atoms with van der Waals surface area (Å²) in [6.07, 6.45) is 0.490. The highest BCUT2D eigenvalue weighted by atomic mass is 32.2. The van der Waals surface area contributed by atoms with Crippen molar-refractivity contribution < 1.29 is 31.5 Å². The summed E-state index contributed by atoms with van der Waals surface area (Å²) in [4.78, 5) is 12.3. The van der Waals surface area contributed by atoms with E-state index in [9.17, 15) is 22.0 Å². The van der Waals surface area contributed by atoms with Crippen LogP contribution in [0.2, 0.25) is 0 Å². The van der Waals surface area contributed by atoms with Gasteiger partial charge in [0.25, 0.3) is 0 Å². The Balaban J connectivity index is 1.50. The van der Waals surface area contributed by atoms with Gasteiger partial charge in [-0.1, -0.05) is 30.3 Å². The lowest BCUT2D eigenvalue weighted by Gasteiger charge is -2.27. The van der Waals surface area contributed by atoms with Crippen molar-refractivity contribution in [3.8, 4) is 5.75 Å². The molecule has 1 aliphatic heterocycles. The van der Waals surface area contributed by atoms with Gasteiger partial charge >= 0.3 is 12.6 Å². The molecule has 1 fully saturated rings. The van der Waals surface area contributed by atoms with E-state index in [0.717, 1.165) is 5.56 Å². The molecule has 1 aliphatic rings. The van der Waals surface area contributed by atoms with Crippen LogP contribution in [0.3, 0.4) is 0 Å². The predicted octanol–water partition coefficient (Wildman–Crippen LogP) is 2.35. The summed E-state index contributed by atoms with van der Waals surface area (Å²) in [7, 11) is -3.68. The number of benzene rings is 2. The summed E-state index contributed by atoms with van der Waals surface area (Å²) in [5.74, 6) is 0.0696. The van der Waals surface area contributed by atoms with Crippen molar-refractivity contribution in [2.45, 2.75) is 24.5 Å². The van der Waals surface area contributed by atoms with Gasteiger partial charge in [-0.3, -0.25) is 0 Å². The number of hydrogen-bond acceptors (Lipinski definition) is 5. The van der Waals surface area contributed by atoms with Crippen molar-refractivity contribution in [1.29, 1.82) is 0 Å². The van der Waals surface area contributed by atoms with Crippen molar-refractivity contribution >= 4 is 16.1 Å². The number of nitrogens with zero attached hydrogens (tertiary/aromatic N) is 1. The normalized spacial score (nSPS) is 14.8. The SMILES string of the molecule is O=C(NCCc1ccc(OC(F)F)cc1)NCc1ccccc1S(=O)(=O)N1CCOCC1. The molecular weight excluding hydrogens is 444 g/mol. The molecule has 2 N–H and O–H groups in total. The second kappa shape index (κ2) is 11.2. The Morgan fingerprint density at radius 2 is 1.75 bits per heavy atom. The number of carbonyl (C=O) groups excluding carboxylic acids is 1. The molecule has 2 aromatic rings. The summed E-state index contributed by atoms with van der Waals surface area (Å²) in [5.41, 5.74) is 1.33. The fraction of sp³-hybridized carbons (Fsp3) is 0.381. The van der Waals surface area contributed by atoms with Gasteiger partial charge in [0, 0.05) is 26.2 Å². The Morgan fingerprint density at radius 3 is 2.44 bits per heavy atom. The largest absolute Gasteiger partial charge is 0.435 e. The maximum Gasteiger partial charge on any atom is 0.387 e. The van der Waals surface area contributed by atoms with E-state index >= 15 is 0 Å². The molecular formula is C21H25F2N3O5S. The summed E-state index contributed by atoms with van der Waals surface area (Å²) < 4.78 is 61.2. The first-order valence-corrected chi connectivity index (χ1v) is 11.5. The minimum Gasteiger partial charge on any atom is -0.435 e. The van der Waals surface area contributed by atoms with Gasteiger partial charge in [0.2, 0.25) is 10.0 Å². The summed E-state index contributed by atoms with van der Waals surface area (Å²) in [6.45, 7) is -1.23. The van der Waals surface area contributed by atoms with Crippen LogP contribution in [0.5, 0.6) is 5.75 Å². The Morgan fingerprint density at radius 1 is 1.06 bits per heavy atom. The number of hydrogen-bond donors (Lipinski definition) is 2. The van der Waals surface area contributed by atoms with Crippen molar-refractivity contribution in [1.82, 2.24) is 14.9 Å². The number of alkyl halides is 2. The minimum absolute atomic E-state index is 0.0469. The first kappa shape index (κ1) is 23.9. The van der Waals surface area contributed by atoms with Crippen LogP contribution in [0.1, 0.15) is 11.1 Å². The maximum atomic E-state index is 13.0. The standard InChI is InChI=1S/C21H25F2N3O5S/c22-20(23)31-18-7-5-16(6-8-18)9-10-24-21(27)25-15-17-3-1-2-4-19(17)32(28,29)26-11-13-30-14-12-26/h1-8,20H,9-15H2,(H2,24,25,27). The van der Waals surface area contributed by atoms with Crippen molar-refractivity contribution in [2.75, 3.05) is 32.8 Å². The number of morpholine rings is 1. The van der Waals surface area contributed by atoms with Crippen LogP contribution < -0.4 is 15.4 Å². The number of carbonyl (C=O) groups is 1. The fourth-order valence-corrected chi connectivity index (χ4v) is 4.85. The van der Waals surface area contributed by atoms with Crippen molar-refractivity contribution in [3.05, 3.63) is 59.7 Å². The highest BCUT2D eigenvalue weighted by Gasteiger charge is 2.28. The molecule has 2 aromatic carbocycles. The number of rotatable bonds is 9. The van der Waals surface area contributed by atoms with Gasteiger partial charge in [-0.15, -0.1) is 0 Å². The molecule has 2 amide bonds. The molecule has 1 heterocycles. The summed E-state index contributed by atoms with van der Waals surface area (Å²) in [5, 5.41) is 5.36. The Hall–Kier alpha value is -2.76. The van der Waals surface area contributed by atoms with Crippen LogP contribution in [-0.2, 0) is 27.7 Å². The van der Waals surface area contributed by atoms with Crippen LogP contribution in [-0.4, -0.2) is 58.2 Å². The van der Waals surface area contributed by atoms with Gasteiger partial charge < -0.3 is 20.1 Å². The Kier molecular flexibility index (Phi) is 8.37. The minimum atomic E-state index is -3.68. The zero-order valence-corrected chi connectivity index (χ0v) is 18.1. The molecule has 0 spiro atoms. The molecule has 174 valence electrons. The summed E-state index contributed by atoms with van der Waals surface area (Å²) in [6, 6.07) is 12.3. The first-order valence-electron chi connectivity index (χ1n) is 10.1. The van der Waals surface area contributed by atoms with Gasteiger partial charge in [-0.25, -0.2) is 13.2 Å². The molecule has 0 atom stereocenters. The molecule has 0 aliphatic carbocycles. The first-order chi connectivity index (χ1) is 15.4. The zero-order chi connectivity index (χ0) is 23.0. The molecule has 0 bridgehead atoms. The third-order valence-corrected chi connectivity index (χ3v) is 6.85. The van der Waals surface area contributed by atoms with Crippen LogP contribution >= 0.6 is 0 Å². The van der Waals surface area contributed by atoms with Gasteiger partial charge in [-0.2, -0.15) is 13.1 Å². The third kappa shape index (κ3) is 6.62. The second-order valence-electron chi connectivity index (χ2n) is 7.01. The maximum absolute atomic E-state index is 13.0. The lowest BCUT2D eigenvalue weighted by molar-refractivity contribution is -0.0498. The molecule has 0 aromatic heterocycles. The number of ether oxygens (including phenoxy) is 2. The van der Waals surface area contributed by atoms with E-state index in [1.54, 1.807) is 30.3 Å². The van der Waals surface area contributed by atoms with E-state index in [1.807, 2.05) is 0 Å². The van der Waals surface area contributed by atoms with Crippen LogP contribution in [0.15, 0.2) is 53.4 Å². The molecule has 1 saturated heterocycles. The van der Waals surface area contributed by atoms with Gasteiger partial charge in [0.1, 0.15) is 5.75 Å². The molecule has 11 heteroatoms. The molecule has 0 radical (unpaired) electrons. The van der Waals surface area contributed by atoms with Crippen molar-refractivity contribution in [3.63, 3.8) is 0 Å². The van der Waals surface area contributed by atoms with Crippen LogP contribution in [0.25, 0.3) is 0 Å². The van der Waals surface area contributed by atoms with E-state index in [-0.39, 0.29) is 17.2 Å². The van der Waals surface area contributed by atoms with E-state index in [1.165, 1.54) is 22.5 Å². The fourth-order valence-electron chi connectivity index (χ4n) is 3.22. The van der Waals surface area contributed by atoms with E-state index in [2.05, 4.69) is 15.4 Å². The smallest absolute Gasteiger partial charge is 0.387 e. The Labute approximate surface area is 185 Å². The predicted molar refractivity (Wildman–Crippen MR) is 113 cm³/mol. The third-order valence-electron chi connectivity index (χ3n) is 4.85. The van der Waals surface area contributed by atoms with Crippen molar-refractivity contribution in [2.24, 2.45) is 0 Å². The van der Waals surface area contributed by atoms with E-state index < -0.39 is 22.7 Å². The number of urea groups is 1. The van der Waals surface area contributed by atoms with Gasteiger partial charge in [0.05, 0.1) is 18.1 Å². The number of nitrogens with one attached hydrogen (secondary N) is 2. The highest BCUT2D eigenvalue weighted by Crippen LogP contribution is 2.21. The number of halogens is 2. The van der Waals surface area contributed by atoms with E-state index in [0.29, 0.717) is 44.8 Å². The molecule has 0 saturated carbocycles. The quantitative estimate of drug-likeness (QED) is 0.588. The van der Waals surface area contributed by atoms with Crippen LogP contribution in [0, 0.1) is 0 Å². The molecule has 3 rings (SSSR count). The molecule has 32 heavy (non-hydrogen) atoms. The van der Waals surface area contributed by atoms with Crippen LogP contribution in [0.4, 0.5) is 13.6 Å². The average Bonchev–Trinajstić information content (AvgIpc) is 2.79. The molecule has 8 nitrogen and oxygen atoms in total. The zero-order valence-electron chi connectivity index (χ0n) is 17.3. The summed E-state index contributed by atoms with van der Waals surface area (Å²) >= 11 is 0. The highest BCUT2D eigenvalue weighted by molar-refractivity contribution is 7.89. The average molecular weight is 470 g/mol. The van der Waals surface area contributed by atoms with E-state index in [4.69, 9.17) is 4.74 Å². The lowest BCUT2D eigenvalue weighted by Crippen LogP contribution is -2.41. The molecule has 0 unspecified atom stereocenters. The topological polar surface area (TPSA) is 97.0 Å². The Bertz CT molecular complexity index is 997.